The highest BCUT2D eigenvalue weighted by Gasteiger charge is 2.35. The lowest BCUT2D eigenvalue weighted by Gasteiger charge is -2.24. The Morgan fingerprint density at radius 1 is 1.13 bits per heavy atom. The average Bonchev–Trinajstić information content (AvgIpc) is 3.09. The second-order valence-corrected chi connectivity index (χ2v) is 8.39. The number of rotatable bonds is 7. The number of aryl methyl sites for hydroxylation is 1. The molecule has 0 saturated carbocycles. The second-order valence-electron chi connectivity index (χ2n) is 7.17. The van der Waals surface area contributed by atoms with Gasteiger partial charge in [0.1, 0.15) is 16.3 Å². The number of amides is 1. The number of esters is 1. The second kappa shape index (κ2) is 9.78. The SMILES string of the molecule is CCOC(=O)c1c(NC(=O)C2CC=CCC2C(=O)O)sc(C)c1-c1ccc(OC)cc1. The third kappa shape index (κ3) is 4.80. The number of nitrogens with one attached hydrogen (secondary N) is 1. The van der Waals surface area contributed by atoms with E-state index in [1.807, 2.05) is 25.1 Å². The van der Waals surface area contributed by atoms with Gasteiger partial charge < -0.3 is 19.9 Å². The summed E-state index contributed by atoms with van der Waals surface area (Å²) in [6.45, 7) is 3.78. The first-order valence-corrected chi connectivity index (χ1v) is 10.8. The molecule has 2 atom stereocenters. The summed E-state index contributed by atoms with van der Waals surface area (Å²) >= 11 is 1.27. The molecule has 164 valence electrons. The quantitative estimate of drug-likeness (QED) is 0.482. The van der Waals surface area contributed by atoms with Crippen LogP contribution < -0.4 is 10.1 Å². The van der Waals surface area contributed by atoms with Gasteiger partial charge in [-0.25, -0.2) is 4.79 Å². The minimum atomic E-state index is -1.00. The Bertz CT molecular complexity index is 1010. The van der Waals surface area contributed by atoms with Crippen molar-refractivity contribution in [1.29, 1.82) is 0 Å². The molecule has 0 fully saturated rings. The number of carboxylic acid groups (broad SMARTS) is 1. The van der Waals surface area contributed by atoms with Gasteiger partial charge in [-0.15, -0.1) is 11.3 Å². The van der Waals surface area contributed by atoms with Gasteiger partial charge in [-0.05, 0) is 44.4 Å². The third-order valence-electron chi connectivity index (χ3n) is 5.27. The molecule has 0 saturated heterocycles. The van der Waals surface area contributed by atoms with Crippen LogP contribution in [0.25, 0.3) is 11.1 Å². The van der Waals surface area contributed by atoms with E-state index in [2.05, 4.69) is 5.32 Å². The highest BCUT2D eigenvalue weighted by atomic mass is 32.1. The number of carboxylic acids is 1. The number of aliphatic carboxylic acids is 1. The average molecular weight is 444 g/mol. The van der Waals surface area contributed by atoms with Crippen LogP contribution in [0.15, 0.2) is 36.4 Å². The number of methoxy groups -OCH3 is 1. The van der Waals surface area contributed by atoms with Gasteiger partial charge in [0.25, 0.3) is 0 Å². The van der Waals surface area contributed by atoms with Crippen LogP contribution in [0.1, 0.15) is 35.0 Å². The molecule has 0 bridgehead atoms. The molecule has 1 aliphatic carbocycles. The number of carbonyl (C=O) groups excluding carboxylic acids is 2. The molecule has 1 amide bonds. The summed E-state index contributed by atoms with van der Waals surface area (Å²) in [6.07, 6.45) is 4.24. The molecule has 3 rings (SSSR count). The van der Waals surface area contributed by atoms with Crippen molar-refractivity contribution in [2.24, 2.45) is 11.8 Å². The van der Waals surface area contributed by atoms with Gasteiger partial charge in [-0.2, -0.15) is 0 Å². The van der Waals surface area contributed by atoms with Gasteiger partial charge >= 0.3 is 11.9 Å². The van der Waals surface area contributed by atoms with Crippen LogP contribution in [0.2, 0.25) is 0 Å². The van der Waals surface area contributed by atoms with E-state index >= 15 is 0 Å². The van der Waals surface area contributed by atoms with Crippen molar-refractivity contribution in [1.82, 2.24) is 0 Å². The summed E-state index contributed by atoms with van der Waals surface area (Å²) in [4.78, 5) is 38.2. The smallest absolute Gasteiger partial charge is 0.341 e. The van der Waals surface area contributed by atoms with Crippen LogP contribution in [0.4, 0.5) is 5.00 Å². The van der Waals surface area contributed by atoms with Crippen molar-refractivity contribution in [3.8, 4) is 16.9 Å². The van der Waals surface area contributed by atoms with Crippen molar-refractivity contribution in [2.75, 3.05) is 19.0 Å². The van der Waals surface area contributed by atoms with Crippen LogP contribution in [0, 0.1) is 18.8 Å². The Kier molecular flexibility index (Phi) is 7.12. The molecule has 1 aliphatic rings. The molecule has 1 aromatic carbocycles. The predicted molar refractivity (Wildman–Crippen MR) is 119 cm³/mol. The first kappa shape index (κ1) is 22.6. The van der Waals surface area contributed by atoms with E-state index in [4.69, 9.17) is 9.47 Å². The van der Waals surface area contributed by atoms with E-state index in [1.54, 1.807) is 32.2 Å². The number of allylic oxidation sites excluding steroid dienone is 2. The zero-order valence-corrected chi connectivity index (χ0v) is 18.5. The van der Waals surface area contributed by atoms with E-state index in [0.29, 0.717) is 29.2 Å². The summed E-state index contributed by atoms with van der Waals surface area (Å²) in [5.41, 5.74) is 1.75. The summed E-state index contributed by atoms with van der Waals surface area (Å²) < 4.78 is 10.5. The van der Waals surface area contributed by atoms with Gasteiger partial charge in [0.15, 0.2) is 0 Å². The summed E-state index contributed by atoms with van der Waals surface area (Å²) in [7, 11) is 1.58. The van der Waals surface area contributed by atoms with Crippen molar-refractivity contribution >= 4 is 34.2 Å². The number of thiophene rings is 1. The molecular formula is C23H25NO6S. The highest BCUT2D eigenvalue weighted by Crippen LogP contribution is 2.41. The van der Waals surface area contributed by atoms with E-state index in [0.717, 1.165) is 10.4 Å². The normalized spacial score (nSPS) is 17.8. The maximum Gasteiger partial charge on any atom is 0.341 e. The van der Waals surface area contributed by atoms with Gasteiger partial charge in [0.05, 0.1) is 25.6 Å². The molecule has 2 unspecified atom stereocenters. The fourth-order valence-corrected chi connectivity index (χ4v) is 4.78. The number of ether oxygens (including phenoxy) is 2. The molecular weight excluding hydrogens is 418 g/mol. The van der Waals surface area contributed by atoms with Crippen LogP contribution in [-0.2, 0) is 14.3 Å². The van der Waals surface area contributed by atoms with Crippen molar-refractivity contribution < 1.29 is 29.0 Å². The summed E-state index contributed by atoms with van der Waals surface area (Å²) in [5.74, 6) is -2.76. The number of hydrogen-bond acceptors (Lipinski definition) is 6. The van der Waals surface area contributed by atoms with E-state index in [1.165, 1.54) is 11.3 Å². The van der Waals surface area contributed by atoms with Crippen molar-refractivity contribution in [2.45, 2.75) is 26.7 Å². The standard InChI is InChI=1S/C23H25NO6S/c1-4-30-23(28)19-18(14-9-11-15(29-3)12-10-14)13(2)31-21(19)24-20(25)16-7-5-6-8-17(16)22(26)27/h5-6,9-12,16-17H,4,7-8H2,1-3H3,(H,24,25)(H,26,27). The molecule has 2 N–H and O–H groups in total. The molecule has 1 heterocycles. The molecule has 31 heavy (non-hydrogen) atoms. The minimum absolute atomic E-state index is 0.192. The molecule has 1 aromatic heterocycles. The Hall–Kier alpha value is -3.13. The molecule has 8 heteroatoms. The molecule has 2 aromatic rings. The zero-order chi connectivity index (χ0) is 22.5. The van der Waals surface area contributed by atoms with E-state index in [9.17, 15) is 19.5 Å². The molecule has 0 radical (unpaired) electrons. The Morgan fingerprint density at radius 3 is 2.35 bits per heavy atom. The van der Waals surface area contributed by atoms with Gasteiger partial charge in [0.2, 0.25) is 5.91 Å². The van der Waals surface area contributed by atoms with Gasteiger partial charge in [0, 0.05) is 10.4 Å². The highest BCUT2D eigenvalue weighted by molar-refractivity contribution is 7.17. The number of anilines is 1. The van der Waals surface area contributed by atoms with Crippen LogP contribution in [-0.4, -0.2) is 36.7 Å². The monoisotopic (exact) mass is 443 g/mol. The topological polar surface area (TPSA) is 102 Å². The molecule has 7 nitrogen and oxygen atoms in total. The summed E-state index contributed by atoms with van der Waals surface area (Å²) in [5, 5.41) is 12.7. The lowest BCUT2D eigenvalue weighted by atomic mass is 9.82. The molecule has 0 aliphatic heterocycles. The number of carbonyl (C=O) groups is 3. The van der Waals surface area contributed by atoms with Gasteiger partial charge in [-0.1, -0.05) is 24.3 Å². The van der Waals surface area contributed by atoms with Crippen LogP contribution >= 0.6 is 11.3 Å². The fraction of sp³-hybridized carbons (Fsp3) is 0.348. The first-order chi connectivity index (χ1) is 14.9. The maximum atomic E-state index is 13.0. The maximum absolute atomic E-state index is 13.0. The number of hydrogen-bond donors (Lipinski definition) is 2. The Labute approximate surface area is 184 Å². The van der Waals surface area contributed by atoms with Gasteiger partial charge in [-0.3, -0.25) is 9.59 Å². The summed E-state index contributed by atoms with van der Waals surface area (Å²) in [6, 6.07) is 7.28. The van der Waals surface area contributed by atoms with E-state index < -0.39 is 29.7 Å². The Morgan fingerprint density at radius 2 is 1.77 bits per heavy atom. The minimum Gasteiger partial charge on any atom is -0.497 e. The fourth-order valence-electron chi connectivity index (χ4n) is 3.72. The van der Waals surface area contributed by atoms with Crippen molar-refractivity contribution in [3.05, 3.63) is 46.9 Å². The lowest BCUT2D eigenvalue weighted by molar-refractivity contribution is -0.146. The third-order valence-corrected chi connectivity index (χ3v) is 6.29. The lowest BCUT2D eigenvalue weighted by Crippen LogP contribution is -2.34. The molecule has 0 spiro atoms. The largest absolute Gasteiger partial charge is 0.497 e. The number of benzene rings is 1. The first-order valence-electron chi connectivity index (χ1n) is 10.0. The van der Waals surface area contributed by atoms with Crippen molar-refractivity contribution in [3.63, 3.8) is 0 Å². The zero-order valence-electron chi connectivity index (χ0n) is 17.6. The Balaban J connectivity index is 1.99. The van der Waals surface area contributed by atoms with E-state index in [-0.39, 0.29) is 12.2 Å². The van der Waals surface area contributed by atoms with Crippen LogP contribution in [0.5, 0.6) is 5.75 Å². The van der Waals surface area contributed by atoms with Crippen LogP contribution in [0.3, 0.4) is 0 Å². The predicted octanol–water partition coefficient (Wildman–Crippen LogP) is 4.51.